The second-order valence-corrected chi connectivity index (χ2v) is 5.76. The van der Waals surface area contributed by atoms with Gasteiger partial charge in [-0.1, -0.05) is 6.08 Å². The highest BCUT2D eigenvalue weighted by molar-refractivity contribution is 7.18. The normalized spacial score (nSPS) is 14.4. The summed E-state index contributed by atoms with van der Waals surface area (Å²) < 4.78 is 1.54. The fourth-order valence-electron chi connectivity index (χ4n) is 2.65. The highest BCUT2D eigenvalue weighted by atomic mass is 32.1. The molecular weight excluding hydrogens is 260 g/mol. The van der Waals surface area contributed by atoms with Crippen LogP contribution in [0.1, 0.15) is 23.3 Å². The maximum Gasteiger partial charge on any atom is 0.264 e. The molecule has 0 spiro atoms. The molecule has 19 heavy (non-hydrogen) atoms. The number of rotatable bonds is 3. The number of nitrogens with zero attached hydrogens (tertiary/aromatic N) is 2. The molecule has 0 aliphatic heterocycles. The summed E-state index contributed by atoms with van der Waals surface area (Å²) in [4.78, 5) is 19.2. The maximum atomic E-state index is 12.6. The second-order valence-electron chi connectivity index (χ2n) is 4.68. The Balaban J connectivity index is 2.34. The second kappa shape index (κ2) is 4.79. The number of thiophene rings is 1. The molecule has 1 aliphatic rings. The van der Waals surface area contributed by atoms with Crippen LogP contribution in [0, 0.1) is 0 Å². The lowest BCUT2D eigenvalue weighted by Crippen LogP contribution is -2.27. The molecule has 0 radical (unpaired) electrons. The van der Waals surface area contributed by atoms with E-state index in [1.165, 1.54) is 21.4 Å². The van der Waals surface area contributed by atoms with Crippen LogP contribution in [0.15, 0.2) is 17.4 Å². The largest absolute Gasteiger partial charge is 0.294 e. The van der Waals surface area contributed by atoms with Crippen LogP contribution < -0.4 is 16.8 Å². The average Bonchev–Trinajstić information content (AvgIpc) is 2.80. The smallest absolute Gasteiger partial charge is 0.264 e. The third kappa shape index (κ3) is 1.87. The van der Waals surface area contributed by atoms with Crippen molar-refractivity contribution in [3.8, 4) is 0 Å². The Labute approximate surface area is 114 Å². The molecule has 3 N–H and O–H groups in total. The van der Waals surface area contributed by atoms with Crippen LogP contribution >= 0.6 is 11.3 Å². The van der Waals surface area contributed by atoms with Gasteiger partial charge in [-0.15, -0.1) is 17.9 Å². The number of aryl methyl sites for hydroxylation is 2. The molecular formula is C13H16N4OS. The summed E-state index contributed by atoms with van der Waals surface area (Å²) in [6.07, 6.45) is 6.06. The van der Waals surface area contributed by atoms with Gasteiger partial charge in [-0.2, -0.15) is 0 Å². The van der Waals surface area contributed by atoms with Gasteiger partial charge in [-0.25, -0.2) is 10.8 Å². The summed E-state index contributed by atoms with van der Waals surface area (Å²) in [5.41, 5.74) is 3.69. The van der Waals surface area contributed by atoms with Gasteiger partial charge in [0.25, 0.3) is 5.56 Å². The Morgan fingerprint density at radius 3 is 3.00 bits per heavy atom. The molecule has 0 bridgehead atoms. The molecule has 5 nitrogen and oxygen atoms in total. The van der Waals surface area contributed by atoms with Gasteiger partial charge in [0.05, 0.1) is 5.39 Å². The number of nitrogen functional groups attached to an aromatic ring is 1. The minimum atomic E-state index is -0.0164. The lowest BCUT2D eigenvalue weighted by Gasteiger charge is -2.11. The summed E-state index contributed by atoms with van der Waals surface area (Å²) in [6.45, 7) is 4.08. The molecule has 0 saturated carbocycles. The molecule has 2 aromatic heterocycles. The number of hydrazine groups is 1. The Morgan fingerprint density at radius 1 is 1.47 bits per heavy atom. The molecule has 3 rings (SSSR count). The van der Waals surface area contributed by atoms with Gasteiger partial charge in [0.15, 0.2) is 0 Å². The van der Waals surface area contributed by atoms with E-state index in [1.807, 2.05) is 0 Å². The molecule has 0 saturated heterocycles. The Bertz CT molecular complexity index is 701. The summed E-state index contributed by atoms with van der Waals surface area (Å²) in [5.74, 6) is 5.86. The lowest BCUT2D eigenvalue weighted by molar-refractivity contribution is 0.698. The monoisotopic (exact) mass is 276 g/mol. The van der Waals surface area contributed by atoms with Crippen molar-refractivity contribution in [2.24, 2.45) is 5.84 Å². The first-order chi connectivity index (χ1) is 9.26. The fourth-order valence-corrected chi connectivity index (χ4v) is 3.90. The average molecular weight is 276 g/mol. The van der Waals surface area contributed by atoms with Crippen LogP contribution in [0.4, 0.5) is 5.95 Å². The van der Waals surface area contributed by atoms with Crippen molar-refractivity contribution in [2.45, 2.75) is 32.2 Å². The van der Waals surface area contributed by atoms with E-state index in [9.17, 15) is 4.79 Å². The first kappa shape index (κ1) is 12.4. The number of allylic oxidation sites excluding steroid dienone is 1. The van der Waals surface area contributed by atoms with Crippen molar-refractivity contribution in [3.63, 3.8) is 0 Å². The van der Waals surface area contributed by atoms with E-state index >= 15 is 0 Å². The van der Waals surface area contributed by atoms with E-state index in [0.717, 1.165) is 29.5 Å². The van der Waals surface area contributed by atoms with Crippen LogP contribution in [0.3, 0.4) is 0 Å². The predicted octanol–water partition coefficient (Wildman–Crippen LogP) is 1.81. The topological polar surface area (TPSA) is 72.9 Å². The van der Waals surface area contributed by atoms with Gasteiger partial charge >= 0.3 is 0 Å². The van der Waals surface area contributed by atoms with Crippen molar-refractivity contribution < 1.29 is 0 Å². The van der Waals surface area contributed by atoms with Gasteiger partial charge in [0, 0.05) is 11.4 Å². The van der Waals surface area contributed by atoms with Crippen molar-refractivity contribution in [3.05, 3.63) is 33.4 Å². The van der Waals surface area contributed by atoms with E-state index in [1.54, 1.807) is 17.4 Å². The van der Waals surface area contributed by atoms with Crippen molar-refractivity contribution in [1.82, 2.24) is 9.55 Å². The zero-order valence-corrected chi connectivity index (χ0v) is 11.4. The fraction of sp³-hybridized carbons (Fsp3) is 0.385. The summed E-state index contributed by atoms with van der Waals surface area (Å²) in [7, 11) is 0. The summed E-state index contributed by atoms with van der Waals surface area (Å²) in [6, 6.07) is 0. The quantitative estimate of drug-likeness (QED) is 0.509. The molecule has 0 amide bonds. The van der Waals surface area contributed by atoms with Gasteiger partial charge in [-0.05, 0) is 31.2 Å². The van der Waals surface area contributed by atoms with Gasteiger partial charge in [0.1, 0.15) is 4.83 Å². The first-order valence-electron chi connectivity index (χ1n) is 6.39. The minimum Gasteiger partial charge on any atom is -0.294 e. The van der Waals surface area contributed by atoms with E-state index in [2.05, 4.69) is 17.0 Å². The van der Waals surface area contributed by atoms with E-state index < -0.39 is 0 Å². The number of nitrogens with one attached hydrogen (secondary N) is 1. The molecule has 1 aliphatic carbocycles. The summed E-state index contributed by atoms with van der Waals surface area (Å²) >= 11 is 1.62. The Hall–Kier alpha value is -1.66. The molecule has 100 valence electrons. The molecule has 2 heterocycles. The lowest BCUT2D eigenvalue weighted by atomic mass is 9.97. The Kier molecular flexibility index (Phi) is 3.12. The zero-order chi connectivity index (χ0) is 13.4. The van der Waals surface area contributed by atoms with Gasteiger partial charge in [0.2, 0.25) is 5.95 Å². The van der Waals surface area contributed by atoms with Crippen molar-refractivity contribution >= 4 is 27.5 Å². The highest BCUT2D eigenvalue weighted by Crippen LogP contribution is 2.34. The molecule has 2 aromatic rings. The zero-order valence-electron chi connectivity index (χ0n) is 10.6. The van der Waals surface area contributed by atoms with E-state index in [0.29, 0.717) is 12.5 Å². The van der Waals surface area contributed by atoms with Crippen LogP contribution in [0.5, 0.6) is 0 Å². The van der Waals surface area contributed by atoms with Gasteiger partial charge < -0.3 is 0 Å². The molecule has 6 heteroatoms. The molecule has 0 atom stereocenters. The number of hydrogen-bond donors (Lipinski definition) is 2. The SMILES string of the molecule is C=CCn1c(NN)nc2sc3c(c2c1=O)CCCC3. The van der Waals surface area contributed by atoms with E-state index in [4.69, 9.17) is 5.84 Å². The number of aromatic nitrogens is 2. The van der Waals surface area contributed by atoms with Gasteiger partial charge in [-0.3, -0.25) is 14.8 Å². The maximum absolute atomic E-state index is 12.6. The minimum absolute atomic E-state index is 0.0164. The highest BCUT2D eigenvalue weighted by Gasteiger charge is 2.21. The molecule has 0 fully saturated rings. The third-order valence-corrected chi connectivity index (χ3v) is 4.70. The predicted molar refractivity (Wildman–Crippen MR) is 78.5 cm³/mol. The number of fused-ring (bicyclic) bond motifs is 3. The van der Waals surface area contributed by atoms with Crippen LogP contribution in [-0.2, 0) is 19.4 Å². The van der Waals surface area contributed by atoms with E-state index in [-0.39, 0.29) is 5.56 Å². The van der Waals surface area contributed by atoms with Crippen LogP contribution in [0.2, 0.25) is 0 Å². The summed E-state index contributed by atoms with van der Waals surface area (Å²) in [5, 5.41) is 0.778. The number of anilines is 1. The number of hydrogen-bond acceptors (Lipinski definition) is 5. The number of nitrogens with two attached hydrogens (primary N) is 1. The molecule has 0 unspecified atom stereocenters. The van der Waals surface area contributed by atoms with Crippen LogP contribution in [0.25, 0.3) is 10.2 Å². The third-order valence-electron chi connectivity index (χ3n) is 3.52. The first-order valence-corrected chi connectivity index (χ1v) is 7.20. The van der Waals surface area contributed by atoms with Crippen molar-refractivity contribution in [1.29, 1.82) is 0 Å². The standard InChI is InChI=1S/C13H16N4OS/c1-2-7-17-12(18)10-8-5-3-4-6-9(8)19-11(10)15-13(17)16-14/h2H,1,3-7,14H2,(H,15,16). The van der Waals surface area contributed by atoms with Crippen LogP contribution in [-0.4, -0.2) is 9.55 Å². The Morgan fingerprint density at radius 2 is 2.26 bits per heavy atom. The van der Waals surface area contributed by atoms with Crippen molar-refractivity contribution in [2.75, 3.05) is 5.43 Å². The molecule has 0 aromatic carbocycles.